The van der Waals surface area contributed by atoms with Gasteiger partial charge in [-0.3, -0.25) is 9.78 Å². The SMILES string of the molecule is Cc1cccc(CNc2ccc(C3=NNC(=O)CC3C)cc2N)n1. The van der Waals surface area contributed by atoms with Gasteiger partial charge in [-0.25, -0.2) is 5.43 Å². The summed E-state index contributed by atoms with van der Waals surface area (Å²) in [5.74, 6) is 0.0246. The van der Waals surface area contributed by atoms with Crippen LogP contribution in [-0.2, 0) is 11.3 Å². The fourth-order valence-electron chi connectivity index (χ4n) is 2.77. The molecule has 2 aromatic rings. The fourth-order valence-corrected chi connectivity index (χ4v) is 2.77. The first kappa shape index (κ1) is 16.0. The molecule has 0 aliphatic carbocycles. The zero-order valence-corrected chi connectivity index (χ0v) is 13.8. The molecular formula is C18H21N5O. The van der Waals surface area contributed by atoms with Crippen molar-refractivity contribution in [1.82, 2.24) is 10.4 Å². The number of carbonyl (C=O) groups is 1. The Morgan fingerprint density at radius 2 is 2.17 bits per heavy atom. The van der Waals surface area contributed by atoms with Gasteiger partial charge in [-0.2, -0.15) is 5.10 Å². The number of rotatable bonds is 4. The predicted molar refractivity (Wildman–Crippen MR) is 95.6 cm³/mol. The lowest BCUT2D eigenvalue weighted by Gasteiger charge is -2.20. The summed E-state index contributed by atoms with van der Waals surface area (Å²) >= 11 is 0. The van der Waals surface area contributed by atoms with Gasteiger partial charge in [0.1, 0.15) is 0 Å². The van der Waals surface area contributed by atoms with E-state index < -0.39 is 0 Å². The minimum absolute atomic E-state index is 0.0526. The number of aromatic nitrogens is 1. The molecule has 1 amide bonds. The second kappa shape index (κ2) is 6.70. The molecule has 6 heteroatoms. The first-order valence-corrected chi connectivity index (χ1v) is 7.95. The summed E-state index contributed by atoms with van der Waals surface area (Å²) in [4.78, 5) is 15.8. The van der Waals surface area contributed by atoms with Crippen molar-refractivity contribution in [3.8, 4) is 0 Å². The van der Waals surface area contributed by atoms with Crippen LogP contribution in [0.25, 0.3) is 0 Å². The number of carbonyl (C=O) groups excluding carboxylic acids is 1. The summed E-state index contributed by atoms with van der Waals surface area (Å²) in [7, 11) is 0. The third kappa shape index (κ3) is 3.53. The molecule has 1 atom stereocenters. The van der Waals surface area contributed by atoms with Crippen molar-refractivity contribution in [1.29, 1.82) is 0 Å². The number of nitrogens with two attached hydrogens (primary N) is 1. The molecule has 1 aliphatic heterocycles. The first-order valence-electron chi connectivity index (χ1n) is 7.95. The molecule has 6 nitrogen and oxygen atoms in total. The van der Waals surface area contributed by atoms with E-state index in [0.717, 1.165) is 28.4 Å². The van der Waals surface area contributed by atoms with Crippen molar-refractivity contribution < 1.29 is 4.79 Å². The van der Waals surface area contributed by atoms with Crippen LogP contribution in [0.1, 0.15) is 30.3 Å². The van der Waals surface area contributed by atoms with E-state index in [1.807, 2.05) is 50.2 Å². The molecular weight excluding hydrogens is 302 g/mol. The molecule has 0 radical (unpaired) electrons. The van der Waals surface area contributed by atoms with E-state index in [4.69, 9.17) is 5.73 Å². The molecule has 0 saturated heterocycles. The van der Waals surface area contributed by atoms with Gasteiger partial charge >= 0.3 is 0 Å². The Balaban J connectivity index is 1.74. The van der Waals surface area contributed by atoms with Crippen molar-refractivity contribution >= 4 is 23.0 Å². The molecule has 2 heterocycles. The second-order valence-corrected chi connectivity index (χ2v) is 6.06. The molecule has 1 aromatic heterocycles. The quantitative estimate of drug-likeness (QED) is 0.754. The normalized spacial score (nSPS) is 17.2. The van der Waals surface area contributed by atoms with Crippen LogP contribution in [0.15, 0.2) is 41.5 Å². The van der Waals surface area contributed by atoms with Crippen LogP contribution in [0.4, 0.5) is 11.4 Å². The van der Waals surface area contributed by atoms with Crippen LogP contribution >= 0.6 is 0 Å². The smallest absolute Gasteiger partial charge is 0.240 e. The molecule has 24 heavy (non-hydrogen) atoms. The molecule has 1 aromatic carbocycles. The molecule has 4 N–H and O–H groups in total. The number of aryl methyl sites for hydroxylation is 1. The molecule has 3 rings (SSSR count). The average molecular weight is 323 g/mol. The maximum atomic E-state index is 11.4. The predicted octanol–water partition coefficient (Wildman–Crippen LogP) is 2.44. The van der Waals surface area contributed by atoms with Gasteiger partial charge in [0, 0.05) is 23.6 Å². The number of hydrogen-bond acceptors (Lipinski definition) is 5. The van der Waals surface area contributed by atoms with Crippen LogP contribution in [0.5, 0.6) is 0 Å². The number of hydrazone groups is 1. The molecule has 1 aliphatic rings. The Morgan fingerprint density at radius 1 is 1.33 bits per heavy atom. The van der Waals surface area contributed by atoms with Crippen molar-refractivity contribution in [3.05, 3.63) is 53.3 Å². The molecule has 0 saturated carbocycles. The third-order valence-electron chi connectivity index (χ3n) is 4.01. The summed E-state index contributed by atoms with van der Waals surface area (Å²) in [6, 6.07) is 11.7. The van der Waals surface area contributed by atoms with Gasteiger partial charge in [-0.05, 0) is 31.2 Å². The summed E-state index contributed by atoms with van der Waals surface area (Å²) in [5.41, 5.74) is 13.9. The lowest BCUT2D eigenvalue weighted by atomic mass is 9.93. The maximum absolute atomic E-state index is 11.4. The first-order chi connectivity index (χ1) is 11.5. The van der Waals surface area contributed by atoms with Gasteiger partial charge in [0.15, 0.2) is 0 Å². The van der Waals surface area contributed by atoms with Crippen molar-refractivity contribution in [2.45, 2.75) is 26.8 Å². The Kier molecular flexibility index (Phi) is 4.46. The Labute approximate surface area is 141 Å². The average Bonchev–Trinajstić information content (AvgIpc) is 2.54. The summed E-state index contributed by atoms with van der Waals surface area (Å²) < 4.78 is 0. The fraction of sp³-hybridized carbons (Fsp3) is 0.278. The largest absolute Gasteiger partial charge is 0.397 e. The maximum Gasteiger partial charge on any atom is 0.240 e. The standard InChI is InChI=1S/C18H21N5O/c1-11-8-17(24)22-23-18(11)13-6-7-16(15(19)9-13)20-10-14-5-3-4-12(2)21-14/h3-7,9,11,20H,8,10,19H2,1-2H3,(H,22,24). The Hall–Kier alpha value is -2.89. The molecule has 124 valence electrons. The molecule has 0 bridgehead atoms. The van der Waals surface area contributed by atoms with Gasteiger partial charge in [0.2, 0.25) is 5.91 Å². The van der Waals surface area contributed by atoms with Crippen LogP contribution in [0.3, 0.4) is 0 Å². The highest BCUT2D eigenvalue weighted by Crippen LogP contribution is 2.24. The van der Waals surface area contributed by atoms with Gasteiger partial charge in [-0.1, -0.05) is 19.1 Å². The number of nitrogens with one attached hydrogen (secondary N) is 2. The van der Waals surface area contributed by atoms with E-state index in [1.165, 1.54) is 0 Å². The number of pyridine rings is 1. The minimum atomic E-state index is -0.0526. The summed E-state index contributed by atoms with van der Waals surface area (Å²) in [5, 5.41) is 7.47. The number of amides is 1. The number of nitrogen functional groups attached to an aromatic ring is 1. The van der Waals surface area contributed by atoms with Crippen molar-refractivity contribution in [2.75, 3.05) is 11.1 Å². The zero-order valence-electron chi connectivity index (χ0n) is 13.8. The third-order valence-corrected chi connectivity index (χ3v) is 4.01. The van der Waals surface area contributed by atoms with Gasteiger partial charge in [0.05, 0.1) is 29.3 Å². The Bertz CT molecular complexity index is 800. The molecule has 1 unspecified atom stereocenters. The number of anilines is 2. The highest BCUT2D eigenvalue weighted by molar-refractivity contribution is 6.06. The van der Waals surface area contributed by atoms with Crippen LogP contribution in [0.2, 0.25) is 0 Å². The van der Waals surface area contributed by atoms with Gasteiger partial charge in [-0.15, -0.1) is 0 Å². The van der Waals surface area contributed by atoms with E-state index >= 15 is 0 Å². The highest BCUT2D eigenvalue weighted by Gasteiger charge is 2.21. The number of benzene rings is 1. The van der Waals surface area contributed by atoms with E-state index in [1.54, 1.807) is 0 Å². The summed E-state index contributed by atoms with van der Waals surface area (Å²) in [6.07, 6.45) is 0.442. The molecule has 0 fully saturated rings. The minimum Gasteiger partial charge on any atom is -0.397 e. The monoisotopic (exact) mass is 323 g/mol. The zero-order chi connectivity index (χ0) is 17.1. The van der Waals surface area contributed by atoms with E-state index in [-0.39, 0.29) is 11.8 Å². The van der Waals surface area contributed by atoms with E-state index in [0.29, 0.717) is 18.7 Å². The Morgan fingerprint density at radius 3 is 2.88 bits per heavy atom. The molecule has 0 spiro atoms. The lowest BCUT2D eigenvalue weighted by Crippen LogP contribution is -2.32. The van der Waals surface area contributed by atoms with Crippen LogP contribution in [-0.4, -0.2) is 16.6 Å². The van der Waals surface area contributed by atoms with E-state index in [2.05, 4.69) is 20.8 Å². The van der Waals surface area contributed by atoms with Crippen LogP contribution in [0, 0.1) is 12.8 Å². The number of nitrogens with zero attached hydrogens (tertiary/aromatic N) is 2. The van der Waals surface area contributed by atoms with Gasteiger partial charge < -0.3 is 11.1 Å². The highest BCUT2D eigenvalue weighted by atomic mass is 16.2. The number of hydrogen-bond donors (Lipinski definition) is 3. The summed E-state index contributed by atoms with van der Waals surface area (Å²) in [6.45, 7) is 4.57. The van der Waals surface area contributed by atoms with Crippen LogP contribution < -0.4 is 16.5 Å². The van der Waals surface area contributed by atoms with E-state index in [9.17, 15) is 4.79 Å². The van der Waals surface area contributed by atoms with Crippen molar-refractivity contribution in [2.24, 2.45) is 11.0 Å². The second-order valence-electron chi connectivity index (χ2n) is 6.06. The van der Waals surface area contributed by atoms with Gasteiger partial charge in [0.25, 0.3) is 0 Å². The van der Waals surface area contributed by atoms with Crippen molar-refractivity contribution in [3.63, 3.8) is 0 Å². The lowest BCUT2D eigenvalue weighted by molar-refractivity contribution is -0.121. The topological polar surface area (TPSA) is 92.4 Å².